The summed E-state index contributed by atoms with van der Waals surface area (Å²) < 4.78 is 11.1. The van der Waals surface area contributed by atoms with E-state index in [4.69, 9.17) is 9.47 Å². The molecule has 0 spiro atoms. The highest BCUT2D eigenvalue weighted by Gasteiger charge is 2.14. The Hall–Kier alpha value is -3.11. The first kappa shape index (κ1) is 22.2. The quantitative estimate of drug-likeness (QED) is 0.374. The van der Waals surface area contributed by atoms with E-state index in [0.29, 0.717) is 17.0 Å². The van der Waals surface area contributed by atoms with E-state index in [1.54, 1.807) is 31.2 Å². The number of ether oxygens (including phenoxy) is 2. The fourth-order valence-electron chi connectivity index (χ4n) is 2.55. The first-order chi connectivity index (χ1) is 13.8. The van der Waals surface area contributed by atoms with Crippen molar-refractivity contribution in [1.82, 2.24) is 0 Å². The van der Waals surface area contributed by atoms with E-state index in [-0.39, 0.29) is 18.8 Å². The van der Waals surface area contributed by atoms with E-state index in [1.165, 1.54) is 6.08 Å². The summed E-state index contributed by atoms with van der Waals surface area (Å²) in [6, 6.07) is 12.6. The van der Waals surface area contributed by atoms with Crippen LogP contribution in [-0.2, 0) is 14.3 Å². The molecule has 7 heteroatoms. The van der Waals surface area contributed by atoms with Crippen molar-refractivity contribution in [2.45, 2.75) is 20.8 Å². The van der Waals surface area contributed by atoms with Crippen molar-refractivity contribution in [3.8, 4) is 11.8 Å². The van der Waals surface area contributed by atoms with Crippen LogP contribution in [-0.4, -0.2) is 25.1 Å². The number of nitrogens with zero attached hydrogens (tertiary/aromatic N) is 1. The van der Waals surface area contributed by atoms with Crippen LogP contribution in [0.25, 0.3) is 6.08 Å². The van der Waals surface area contributed by atoms with Crippen LogP contribution < -0.4 is 10.1 Å². The van der Waals surface area contributed by atoms with Crippen molar-refractivity contribution in [1.29, 1.82) is 5.26 Å². The maximum atomic E-state index is 12.6. The molecule has 6 nitrogen and oxygen atoms in total. The molecule has 29 heavy (non-hydrogen) atoms. The molecule has 1 amide bonds. The zero-order valence-electron chi connectivity index (χ0n) is 16.4. The van der Waals surface area contributed by atoms with Gasteiger partial charge in [-0.1, -0.05) is 33.6 Å². The summed E-state index contributed by atoms with van der Waals surface area (Å²) in [6.45, 7) is 5.54. The molecule has 2 aromatic carbocycles. The van der Waals surface area contributed by atoms with Crippen LogP contribution in [0, 0.1) is 25.2 Å². The number of aryl methyl sites for hydroxylation is 2. The normalized spacial score (nSPS) is 10.8. The van der Waals surface area contributed by atoms with E-state index in [0.717, 1.165) is 15.6 Å². The zero-order chi connectivity index (χ0) is 21.4. The van der Waals surface area contributed by atoms with Gasteiger partial charge in [-0.25, -0.2) is 4.79 Å². The van der Waals surface area contributed by atoms with Gasteiger partial charge < -0.3 is 14.8 Å². The molecule has 0 radical (unpaired) electrons. The van der Waals surface area contributed by atoms with Gasteiger partial charge in [0.15, 0.2) is 6.61 Å². The van der Waals surface area contributed by atoms with Gasteiger partial charge in [-0.3, -0.25) is 4.79 Å². The Labute approximate surface area is 178 Å². The van der Waals surface area contributed by atoms with Crippen LogP contribution in [0.5, 0.6) is 5.75 Å². The Morgan fingerprint density at radius 2 is 1.97 bits per heavy atom. The van der Waals surface area contributed by atoms with Crippen LogP contribution >= 0.6 is 15.9 Å². The van der Waals surface area contributed by atoms with Gasteiger partial charge in [0, 0.05) is 15.7 Å². The standard InChI is InChI=1S/C22H21BrN2O4/c1-4-28-21(26)13-29-20-8-6-18(23)11-16(20)10-17(12-24)22(27)25-19-7-5-14(2)9-15(19)3/h5-11H,4,13H2,1-3H3,(H,25,27)/b17-10+. The van der Waals surface area contributed by atoms with Crippen LogP contribution in [0.2, 0.25) is 0 Å². The average molecular weight is 457 g/mol. The minimum atomic E-state index is -0.532. The number of rotatable bonds is 7. The smallest absolute Gasteiger partial charge is 0.344 e. The van der Waals surface area contributed by atoms with E-state index >= 15 is 0 Å². The molecule has 2 rings (SSSR count). The van der Waals surface area contributed by atoms with Gasteiger partial charge in [-0.2, -0.15) is 5.26 Å². The lowest BCUT2D eigenvalue weighted by Crippen LogP contribution is -2.15. The predicted octanol–water partition coefficient (Wildman–Crippen LogP) is 4.55. The highest BCUT2D eigenvalue weighted by Crippen LogP contribution is 2.26. The monoisotopic (exact) mass is 456 g/mol. The van der Waals surface area contributed by atoms with Crippen molar-refractivity contribution >= 4 is 39.6 Å². The van der Waals surface area contributed by atoms with Crippen LogP contribution in [0.3, 0.4) is 0 Å². The molecule has 0 aromatic heterocycles. The van der Waals surface area contributed by atoms with Gasteiger partial charge in [0.2, 0.25) is 0 Å². The highest BCUT2D eigenvalue weighted by atomic mass is 79.9. The number of nitrogens with one attached hydrogen (secondary N) is 1. The average Bonchev–Trinajstić information content (AvgIpc) is 2.67. The SMILES string of the molecule is CCOC(=O)COc1ccc(Br)cc1/C=C(\C#N)C(=O)Nc1ccc(C)cc1C. The molecule has 0 saturated carbocycles. The Morgan fingerprint density at radius 1 is 1.21 bits per heavy atom. The Kier molecular flexibility index (Phi) is 7.98. The first-order valence-electron chi connectivity index (χ1n) is 8.92. The molecule has 0 aliphatic heterocycles. The number of halogens is 1. The van der Waals surface area contributed by atoms with Gasteiger partial charge in [-0.15, -0.1) is 0 Å². The maximum absolute atomic E-state index is 12.6. The minimum Gasteiger partial charge on any atom is -0.481 e. The second-order valence-electron chi connectivity index (χ2n) is 6.22. The fraction of sp³-hybridized carbons (Fsp3) is 0.227. The number of carbonyl (C=O) groups excluding carboxylic acids is 2. The summed E-state index contributed by atoms with van der Waals surface area (Å²) >= 11 is 3.36. The number of amides is 1. The molecule has 0 bridgehead atoms. The summed E-state index contributed by atoms with van der Waals surface area (Å²) in [6.07, 6.45) is 1.42. The largest absolute Gasteiger partial charge is 0.481 e. The number of hydrogen-bond donors (Lipinski definition) is 1. The van der Waals surface area contributed by atoms with E-state index in [9.17, 15) is 14.9 Å². The Bertz CT molecular complexity index is 993. The number of hydrogen-bond acceptors (Lipinski definition) is 5. The second-order valence-corrected chi connectivity index (χ2v) is 7.13. The van der Waals surface area contributed by atoms with Crippen molar-refractivity contribution in [2.75, 3.05) is 18.5 Å². The Morgan fingerprint density at radius 3 is 2.62 bits per heavy atom. The number of esters is 1. The van der Waals surface area contributed by atoms with Crippen molar-refractivity contribution in [2.24, 2.45) is 0 Å². The first-order valence-corrected chi connectivity index (χ1v) is 9.71. The molecule has 0 unspecified atom stereocenters. The molecule has 150 valence electrons. The molecule has 0 aliphatic carbocycles. The summed E-state index contributed by atoms with van der Waals surface area (Å²) in [5.41, 5.74) is 3.00. The number of carbonyl (C=O) groups is 2. The van der Waals surface area contributed by atoms with E-state index < -0.39 is 11.9 Å². The molecule has 0 heterocycles. The molecule has 0 atom stereocenters. The number of nitriles is 1. The highest BCUT2D eigenvalue weighted by molar-refractivity contribution is 9.10. The molecule has 0 aliphatic rings. The van der Waals surface area contributed by atoms with Crippen molar-refractivity contribution in [3.63, 3.8) is 0 Å². The van der Waals surface area contributed by atoms with Crippen LogP contribution in [0.15, 0.2) is 46.4 Å². The summed E-state index contributed by atoms with van der Waals surface area (Å²) in [5.74, 6) is -0.678. The third kappa shape index (κ3) is 6.47. The third-order valence-corrected chi connectivity index (χ3v) is 4.41. The lowest BCUT2D eigenvalue weighted by atomic mass is 10.1. The minimum absolute atomic E-state index is 0.0935. The third-order valence-electron chi connectivity index (χ3n) is 3.92. The molecular weight excluding hydrogens is 436 g/mol. The molecule has 2 aromatic rings. The van der Waals surface area contributed by atoms with Gasteiger partial charge in [0.05, 0.1) is 6.61 Å². The molecule has 0 fully saturated rings. The number of anilines is 1. The molecule has 0 saturated heterocycles. The Balaban J connectivity index is 2.27. The van der Waals surface area contributed by atoms with Gasteiger partial charge in [-0.05, 0) is 56.7 Å². The zero-order valence-corrected chi connectivity index (χ0v) is 18.0. The summed E-state index contributed by atoms with van der Waals surface area (Å²) in [4.78, 5) is 24.2. The second kappa shape index (κ2) is 10.4. The molecule has 1 N–H and O–H groups in total. The number of benzene rings is 2. The van der Waals surface area contributed by atoms with Crippen LogP contribution in [0.4, 0.5) is 5.69 Å². The van der Waals surface area contributed by atoms with Gasteiger partial charge in [0.25, 0.3) is 5.91 Å². The van der Waals surface area contributed by atoms with E-state index in [1.807, 2.05) is 32.0 Å². The lowest BCUT2D eigenvalue weighted by Gasteiger charge is -2.11. The predicted molar refractivity (Wildman–Crippen MR) is 114 cm³/mol. The summed E-state index contributed by atoms with van der Waals surface area (Å²) in [5, 5.41) is 12.2. The van der Waals surface area contributed by atoms with E-state index in [2.05, 4.69) is 21.2 Å². The summed E-state index contributed by atoms with van der Waals surface area (Å²) in [7, 11) is 0. The topological polar surface area (TPSA) is 88.4 Å². The lowest BCUT2D eigenvalue weighted by molar-refractivity contribution is -0.145. The van der Waals surface area contributed by atoms with Gasteiger partial charge in [0.1, 0.15) is 17.4 Å². The molecular formula is C22H21BrN2O4. The maximum Gasteiger partial charge on any atom is 0.344 e. The van der Waals surface area contributed by atoms with Crippen LogP contribution in [0.1, 0.15) is 23.6 Å². The fourth-order valence-corrected chi connectivity index (χ4v) is 2.93. The van der Waals surface area contributed by atoms with Crippen molar-refractivity contribution < 1.29 is 19.1 Å². The van der Waals surface area contributed by atoms with Gasteiger partial charge >= 0.3 is 5.97 Å². The van der Waals surface area contributed by atoms with Crippen molar-refractivity contribution in [3.05, 3.63) is 63.1 Å².